The van der Waals surface area contributed by atoms with E-state index in [1.165, 1.54) is 7.11 Å². The first-order valence-corrected chi connectivity index (χ1v) is 6.10. The maximum absolute atomic E-state index is 12.3. The molecule has 1 fully saturated rings. The number of carbonyl (C=O) groups excluding carboxylic acids is 1. The van der Waals surface area contributed by atoms with Gasteiger partial charge >= 0.3 is 0 Å². The molecule has 98 valence electrons. The molecule has 18 heavy (non-hydrogen) atoms. The molecular formula is C12H15ClN2O3. The van der Waals surface area contributed by atoms with Gasteiger partial charge < -0.3 is 14.4 Å². The van der Waals surface area contributed by atoms with Gasteiger partial charge in [-0.3, -0.25) is 4.79 Å². The fraction of sp³-hybridized carbons (Fsp3) is 0.500. The van der Waals surface area contributed by atoms with Gasteiger partial charge in [0.2, 0.25) is 5.88 Å². The van der Waals surface area contributed by atoms with Gasteiger partial charge in [0.1, 0.15) is 5.15 Å². The summed E-state index contributed by atoms with van der Waals surface area (Å²) in [4.78, 5) is 18.0. The van der Waals surface area contributed by atoms with Crippen LogP contribution in [-0.4, -0.2) is 48.7 Å². The summed E-state index contributed by atoms with van der Waals surface area (Å²) >= 11 is 5.85. The number of hydrogen-bond acceptors (Lipinski definition) is 4. The number of rotatable bonds is 2. The summed E-state index contributed by atoms with van der Waals surface area (Å²) in [7, 11) is 1.49. The molecule has 1 unspecified atom stereocenters. The Kier molecular flexibility index (Phi) is 4.04. The molecule has 0 radical (unpaired) electrons. The van der Waals surface area contributed by atoms with Crippen molar-refractivity contribution < 1.29 is 14.3 Å². The van der Waals surface area contributed by atoms with Gasteiger partial charge in [-0.15, -0.1) is 0 Å². The summed E-state index contributed by atoms with van der Waals surface area (Å²) in [5.74, 6) is 0.264. The summed E-state index contributed by atoms with van der Waals surface area (Å²) in [6, 6.07) is 3.14. The Labute approximate surface area is 111 Å². The summed E-state index contributed by atoms with van der Waals surface area (Å²) in [5.41, 5.74) is 0.487. The topological polar surface area (TPSA) is 51.7 Å². The maximum atomic E-state index is 12.3. The molecule has 2 rings (SSSR count). The number of pyridine rings is 1. The van der Waals surface area contributed by atoms with Crippen LogP contribution in [0.2, 0.25) is 5.15 Å². The lowest BCUT2D eigenvalue weighted by atomic mass is 10.2. The maximum Gasteiger partial charge on any atom is 0.254 e. The smallest absolute Gasteiger partial charge is 0.254 e. The number of methoxy groups -OCH3 is 1. The minimum Gasteiger partial charge on any atom is -0.481 e. The number of hydrogen-bond donors (Lipinski definition) is 0. The van der Waals surface area contributed by atoms with E-state index in [-0.39, 0.29) is 17.2 Å². The second-order valence-corrected chi connectivity index (χ2v) is 4.54. The largest absolute Gasteiger partial charge is 0.481 e. The highest BCUT2D eigenvalue weighted by Crippen LogP contribution is 2.18. The van der Waals surface area contributed by atoms with Gasteiger partial charge in [-0.1, -0.05) is 11.6 Å². The highest BCUT2D eigenvalue weighted by molar-refractivity contribution is 6.29. The van der Waals surface area contributed by atoms with E-state index in [1.807, 2.05) is 6.92 Å². The Morgan fingerprint density at radius 1 is 1.61 bits per heavy atom. The van der Waals surface area contributed by atoms with Crippen molar-refractivity contribution in [1.29, 1.82) is 0 Å². The van der Waals surface area contributed by atoms with Crippen LogP contribution >= 0.6 is 11.6 Å². The van der Waals surface area contributed by atoms with Crippen LogP contribution in [-0.2, 0) is 4.74 Å². The van der Waals surface area contributed by atoms with Gasteiger partial charge in [0.15, 0.2) is 0 Å². The first-order valence-electron chi connectivity index (χ1n) is 5.72. The minimum atomic E-state index is -0.0762. The fourth-order valence-corrected chi connectivity index (χ4v) is 2.09. The van der Waals surface area contributed by atoms with Crippen molar-refractivity contribution in [3.05, 3.63) is 22.8 Å². The molecule has 0 aliphatic carbocycles. The first kappa shape index (κ1) is 13.1. The van der Waals surface area contributed by atoms with Crippen molar-refractivity contribution in [2.45, 2.75) is 13.0 Å². The molecule has 1 aliphatic heterocycles. The third kappa shape index (κ3) is 2.91. The number of amides is 1. The second kappa shape index (κ2) is 5.54. The molecule has 0 spiro atoms. The number of ether oxygens (including phenoxy) is 2. The van der Waals surface area contributed by atoms with E-state index in [1.54, 1.807) is 17.0 Å². The minimum absolute atomic E-state index is 0.0573. The van der Waals surface area contributed by atoms with E-state index in [9.17, 15) is 4.79 Å². The average Bonchev–Trinajstić information content (AvgIpc) is 2.37. The number of morpholine rings is 1. The van der Waals surface area contributed by atoms with Gasteiger partial charge in [-0.2, -0.15) is 0 Å². The number of halogens is 1. The van der Waals surface area contributed by atoms with Crippen LogP contribution in [0.3, 0.4) is 0 Å². The molecule has 1 aromatic rings. The molecule has 1 aliphatic rings. The molecule has 0 N–H and O–H groups in total. The molecule has 0 saturated carbocycles. The predicted molar refractivity (Wildman–Crippen MR) is 67.1 cm³/mol. The molecule has 1 amide bonds. The van der Waals surface area contributed by atoms with E-state index in [4.69, 9.17) is 21.1 Å². The highest BCUT2D eigenvalue weighted by atomic mass is 35.5. The van der Waals surface area contributed by atoms with Gasteiger partial charge in [-0.25, -0.2) is 4.98 Å². The molecule has 2 heterocycles. The predicted octanol–water partition coefficient (Wildman–Crippen LogP) is 1.60. The third-order valence-corrected chi connectivity index (χ3v) is 2.95. The molecule has 1 atom stereocenters. The Bertz CT molecular complexity index is 453. The van der Waals surface area contributed by atoms with Crippen LogP contribution in [0.15, 0.2) is 12.1 Å². The molecular weight excluding hydrogens is 256 g/mol. The third-order valence-electron chi connectivity index (χ3n) is 2.75. The summed E-state index contributed by atoms with van der Waals surface area (Å²) in [6.45, 7) is 3.68. The summed E-state index contributed by atoms with van der Waals surface area (Å²) in [5, 5.41) is 0.249. The van der Waals surface area contributed by atoms with Crippen LogP contribution in [0, 0.1) is 0 Å². The molecule has 1 saturated heterocycles. The van der Waals surface area contributed by atoms with Gasteiger partial charge in [0.05, 0.1) is 19.8 Å². The summed E-state index contributed by atoms with van der Waals surface area (Å²) in [6.07, 6.45) is 0.0573. The lowest BCUT2D eigenvalue weighted by molar-refractivity contribution is -0.0124. The van der Waals surface area contributed by atoms with Gasteiger partial charge in [0, 0.05) is 24.7 Å². The van der Waals surface area contributed by atoms with E-state index in [2.05, 4.69) is 4.98 Å². The standard InChI is InChI=1S/C12H15ClN2O3/c1-8-7-15(3-4-18-8)12(16)9-5-10(13)14-11(6-9)17-2/h5-6,8H,3-4,7H2,1-2H3. The van der Waals surface area contributed by atoms with E-state index in [0.717, 1.165) is 0 Å². The normalized spacial score (nSPS) is 19.7. The SMILES string of the molecule is COc1cc(C(=O)N2CCOC(C)C2)cc(Cl)n1. The van der Waals surface area contributed by atoms with Gasteiger partial charge in [0.25, 0.3) is 5.91 Å². The highest BCUT2D eigenvalue weighted by Gasteiger charge is 2.23. The van der Waals surface area contributed by atoms with Crippen LogP contribution in [0.1, 0.15) is 17.3 Å². The molecule has 1 aromatic heterocycles. The zero-order valence-corrected chi connectivity index (χ0v) is 11.1. The quantitative estimate of drug-likeness (QED) is 0.766. The zero-order valence-electron chi connectivity index (χ0n) is 10.4. The second-order valence-electron chi connectivity index (χ2n) is 4.15. The van der Waals surface area contributed by atoms with Crippen molar-refractivity contribution >= 4 is 17.5 Å². The fourth-order valence-electron chi connectivity index (χ4n) is 1.89. The van der Waals surface area contributed by atoms with Crippen molar-refractivity contribution in [2.24, 2.45) is 0 Å². The number of carbonyl (C=O) groups is 1. The summed E-state index contributed by atoms with van der Waals surface area (Å²) < 4.78 is 10.4. The average molecular weight is 271 g/mol. The van der Waals surface area contributed by atoms with Crippen molar-refractivity contribution in [3.63, 3.8) is 0 Å². The number of aromatic nitrogens is 1. The van der Waals surface area contributed by atoms with Crippen molar-refractivity contribution in [3.8, 4) is 5.88 Å². The Morgan fingerprint density at radius 2 is 2.39 bits per heavy atom. The lowest BCUT2D eigenvalue weighted by Crippen LogP contribution is -2.44. The van der Waals surface area contributed by atoms with Crippen LogP contribution in [0.4, 0.5) is 0 Å². The Morgan fingerprint density at radius 3 is 3.06 bits per heavy atom. The van der Waals surface area contributed by atoms with Crippen molar-refractivity contribution in [1.82, 2.24) is 9.88 Å². The first-order chi connectivity index (χ1) is 8.60. The Balaban J connectivity index is 2.19. The van der Waals surface area contributed by atoms with Crippen molar-refractivity contribution in [2.75, 3.05) is 26.8 Å². The van der Waals surface area contributed by atoms with E-state index in [0.29, 0.717) is 31.1 Å². The molecule has 0 aromatic carbocycles. The zero-order chi connectivity index (χ0) is 13.1. The molecule has 6 heteroatoms. The molecule has 0 bridgehead atoms. The Hall–Kier alpha value is -1.33. The van der Waals surface area contributed by atoms with Crippen LogP contribution in [0.25, 0.3) is 0 Å². The van der Waals surface area contributed by atoms with Gasteiger partial charge in [-0.05, 0) is 13.0 Å². The number of nitrogens with zero attached hydrogens (tertiary/aromatic N) is 2. The monoisotopic (exact) mass is 270 g/mol. The lowest BCUT2D eigenvalue weighted by Gasteiger charge is -2.31. The van der Waals surface area contributed by atoms with E-state index < -0.39 is 0 Å². The molecule has 5 nitrogen and oxygen atoms in total. The van der Waals surface area contributed by atoms with E-state index >= 15 is 0 Å². The van der Waals surface area contributed by atoms with Crippen LogP contribution < -0.4 is 4.74 Å². The van der Waals surface area contributed by atoms with Crippen LogP contribution in [0.5, 0.6) is 5.88 Å².